The molecule has 1 amide bonds. The Morgan fingerprint density at radius 3 is 2.11 bits per heavy atom. The molecule has 0 aliphatic carbocycles. The number of carbonyl (C=O) groups is 2. The Morgan fingerprint density at radius 1 is 1.11 bits per heavy atom. The molecule has 0 radical (unpaired) electrons. The van der Waals surface area contributed by atoms with Crippen molar-refractivity contribution in [3.05, 3.63) is 39.4 Å². The molecule has 0 aliphatic heterocycles. The number of rotatable bonds is 3. The number of carbonyl (C=O) groups excluding carboxylic acids is 2. The fourth-order valence-electron chi connectivity index (χ4n) is 1.05. The molecular weight excluding hydrogens is 312 g/mol. The van der Waals surface area contributed by atoms with Crippen molar-refractivity contribution in [2.75, 3.05) is 14.1 Å². The van der Waals surface area contributed by atoms with Crippen molar-refractivity contribution in [2.24, 2.45) is 0 Å². The van der Waals surface area contributed by atoms with Gasteiger partial charge in [-0.2, -0.15) is 0 Å². The van der Waals surface area contributed by atoms with E-state index in [1.165, 1.54) is 17.0 Å². The molecule has 0 unspecified atom stereocenters. The van der Waals surface area contributed by atoms with E-state index in [0.717, 1.165) is 12.2 Å². The van der Waals surface area contributed by atoms with Gasteiger partial charge in [0.1, 0.15) is 0 Å². The first-order valence-electron chi connectivity index (χ1n) is 5.07. The number of nitrogens with zero attached hydrogens (tertiary/aromatic N) is 1. The van der Waals surface area contributed by atoms with Crippen LogP contribution in [0.1, 0.15) is 0 Å². The van der Waals surface area contributed by atoms with E-state index in [1.54, 1.807) is 14.1 Å². The van der Waals surface area contributed by atoms with E-state index >= 15 is 0 Å². The molecule has 19 heavy (non-hydrogen) atoms. The Hall–Kier alpha value is -1.23. The maximum atomic E-state index is 11.5. The van der Waals surface area contributed by atoms with Crippen molar-refractivity contribution in [3.8, 4) is 5.75 Å². The third-order valence-electron chi connectivity index (χ3n) is 1.97. The lowest BCUT2D eigenvalue weighted by Crippen LogP contribution is -2.19. The SMILES string of the molecule is CN(C)C(=O)/C=C/C(=O)Oc1c(Cl)cc(Cl)cc1Cl. The van der Waals surface area contributed by atoms with E-state index in [2.05, 4.69) is 0 Å². The zero-order chi connectivity index (χ0) is 14.6. The van der Waals surface area contributed by atoms with Crippen LogP contribution in [0.3, 0.4) is 0 Å². The Balaban J connectivity index is 2.81. The molecule has 4 nitrogen and oxygen atoms in total. The number of likely N-dealkylation sites (N-methyl/N-ethyl adjacent to an activating group) is 1. The number of halogens is 3. The Morgan fingerprint density at radius 2 is 1.63 bits per heavy atom. The first-order chi connectivity index (χ1) is 8.81. The van der Waals surface area contributed by atoms with Gasteiger partial charge >= 0.3 is 5.97 Å². The van der Waals surface area contributed by atoms with Crippen LogP contribution < -0.4 is 4.74 Å². The molecule has 0 saturated carbocycles. The Kier molecular flexibility index (Phi) is 5.66. The van der Waals surface area contributed by atoms with Gasteiger partial charge in [-0.1, -0.05) is 34.8 Å². The summed E-state index contributed by atoms with van der Waals surface area (Å²) in [7, 11) is 3.12. The minimum Gasteiger partial charge on any atom is -0.420 e. The van der Waals surface area contributed by atoms with E-state index in [9.17, 15) is 9.59 Å². The zero-order valence-corrected chi connectivity index (χ0v) is 12.4. The Bertz CT molecular complexity index is 518. The largest absolute Gasteiger partial charge is 0.420 e. The van der Waals surface area contributed by atoms with Gasteiger partial charge in [0.15, 0.2) is 5.75 Å². The number of hydrogen-bond acceptors (Lipinski definition) is 3. The van der Waals surface area contributed by atoms with E-state index < -0.39 is 5.97 Å². The predicted molar refractivity (Wildman–Crippen MR) is 74.9 cm³/mol. The van der Waals surface area contributed by atoms with Crippen LogP contribution in [0, 0.1) is 0 Å². The third kappa shape index (κ3) is 4.74. The van der Waals surface area contributed by atoms with Crippen molar-refractivity contribution in [1.82, 2.24) is 4.90 Å². The van der Waals surface area contributed by atoms with Crippen LogP contribution in [-0.4, -0.2) is 30.9 Å². The van der Waals surface area contributed by atoms with E-state index in [-0.39, 0.29) is 21.7 Å². The molecule has 0 fully saturated rings. The number of esters is 1. The molecule has 1 aromatic rings. The van der Waals surface area contributed by atoms with Gasteiger partial charge in [-0.25, -0.2) is 4.79 Å². The van der Waals surface area contributed by atoms with Gasteiger partial charge in [0.25, 0.3) is 0 Å². The van der Waals surface area contributed by atoms with Crippen molar-refractivity contribution in [3.63, 3.8) is 0 Å². The average Bonchev–Trinajstić information content (AvgIpc) is 2.30. The second-order valence-corrected chi connectivity index (χ2v) is 4.94. The van der Waals surface area contributed by atoms with E-state index in [4.69, 9.17) is 39.5 Å². The summed E-state index contributed by atoms with van der Waals surface area (Å²) in [5.74, 6) is -1.11. The van der Waals surface area contributed by atoms with Crippen molar-refractivity contribution < 1.29 is 14.3 Å². The normalized spacial score (nSPS) is 10.6. The molecule has 0 aliphatic rings. The van der Waals surface area contributed by atoms with Gasteiger partial charge in [0.05, 0.1) is 10.0 Å². The Labute approximate surface area is 125 Å². The van der Waals surface area contributed by atoms with E-state index in [1.807, 2.05) is 0 Å². The maximum Gasteiger partial charge on any atom is 0.336 e. The molecule has 0 N–H and O–H groups in total. The lowest BCUT2D eigenvalue weighted by atomic mass is 10.3. The summed E-state index contributed by atoms with van der Waals surface area (Å²) >= 11 is 17.4. The standard InChI is InChI=1S/C12H10Cl3NO3/c1-16(2)10(17)3-4-11(18)19-12-8(14)5-7(13)6-9(12)15/h3-6H,1-2H3/b4-3+. The highest BCUT2D eigenvalue weighted by Crippen LogP contribution is 2.35. The van der Waals surface area contributed by atoms with Crippen molar-refractivity contribution >= 4 is 46.7 Å². The third-order valence-corrected chi connectivity index (χ3v) is 2.75. The van der Waals surface area contributed by atoms with Crippen LogP contribution >= 0.6 is 34.8 Å². The summed E-state index contributed by atoms with van der Waals surface area (Å²) < 4.78 is 4.94. The minimum absolute atomic E-state index is 0.000291. The molecule has 0 aromatic heterocycles. The molecule has 0 atom stereocenters. The molecular formula is C12H10Cl3NO3. The number of hydrogen-bond donors (Lipinski definition) is 0. The molecule has 0 bridgehead atoms. The smallest absolute Gasteiger partial charge is 0.336 e. The maximum absolute atomic E-state index is 11.5. The molecule has 0 spiro atoms. The van der Waals surface area contributed by atoms with Gasteiger partial charge in [-0.3, -0.25) is 4.79 Å². The molecule has 102 valence electrons. The summed E-state index contributed by atoms with van der Waals surface area (Å²) in [4.78, 5) is 24.1. The van der Waals surface area contributed by atoms with Crippen LogP contribution in [0.2, 0.25) is 15.1 Å². The summed E-state index contributed by atoms with van der Waals surface area (Å²) in [5.41, 5.74) is 0. The monoisotopic (exact) mass is 321 g/mol. The topological polar surface area (TPSA) is 46.6 Å². The molecule has 7 heteroatoms. The first kappa shape index (κ1) is 15.8. The van der Waals surface area contributed by atoms with Gasteiger partial charge in [-0.15, -0.1) is 0 Å². The molecule has 0 heterocycles. The number of ether oxygens (including phenoxy) is 1. The van der Waals surface area contributed by atoms with Gasteiger partial charge in [-0.05, 0) is 12.1 Å². The highest BCUT2D eigenvalue weighted by Gasteiger charge is 2.12. The molecule has 0 saturated heterocycles. The van der Waals surface area contributed by atoms with Crippen LogP contribution in [0.4, 0.5) is 0 Å². The summed E-state index contributed by atoms with van der Waals surface area (Å²) in [6.07, 6.45) is 2.07. The zero-order valence-electron chi connectivity index (χ0n) is 10.1. The fourth-order valence-corrected chi connectivity index (χ4v) is 1.94. The van der Waals surface area contributed by atoms with Crippen LogP contribution in [0.25, 0.3) is 0 Å². The predicted octanol–water partition coefficient (Wildman–Crippen LogP) is 3.20. The lowest BCUT2D eigenvalue weighted by molar-refractivity contribution is -0.129. The minimum atomic E-state index is -0.763. The second kappa shape index (κ2) is 6.80. The number of benzene rings is 1. The highest BCUT2D eigenvalue weighted by molar-refractivity contribution is 6.40. The van der Waals surface area contributed by atoms with Crippen molar-refractivity contribution in [2.45, 2.75) is 0 Å². The quantitative estimate of drug-likeness (QED) is 0.488. The van der Waals surface area contributed by atoms with Crippen LogP contribution in [0.5, 0.6) is 5.75 Å². The molecule has 1 rings (SSSR count). The van der Waals surface area contributed by atoms with Gasteiger partial charge in [0.2, 0.25) is 5.91 Å². The van der Waals surface area contributed by atoms with Gasteiger partial charge < -0.3 is 9.64 Å². The summed E-state index contributed by atoms with van der Waals surface area (Å²) in [6.45, 7) is 0. The van der Waals surface area contributed by atoms with E-state index in [0.29, 0.717) is 5.02 Å². The summed E-state index contributed by atoms with van der Waals surface area (Å²) in [5, 5.41) is 0.546. The molecule has 1 aromatic carbocycles. The average molecular weight is 323 g/mol. The fraction of sp³-hybridized carbons (Fsp3) is 0.167. The van der Waals surface area contributed by atoms with Crippen LogP contribution in [-0.2, 0) is 9.59 Å². The second-order valence-electron chi connectivity index (χ2n) is 3.69. The lowest BCUT2D eigenvalue weighted by Gasteiger charge is -2.07. The van der Waals surface area contributed by atoms with Gasteiger partial charge in [0, 0.05) is 31.3 Å². The van der Waals surface area contributed by atoms with Crippen molar-refractivity contribution in [1.29, 1.82) is 0 Å². The number of amides is 1. The highest BCUT2D eigenvalue weighted by atomic mass is 35.5. The summed E-state index contributed by atoms with van der Waals surface area (Å²) in [6, 6.07) is 2.79. The van der Waals surface area contributed by atoms with Crippen LogP contribution in [0.15, 0.2) is 24.3 Å². The first-order valence-corrected chi connectivity index (χ1v) is 6.20.